The minimum absolute atomic E-state index is 0.0296. The van der Waals surface area contributed by atoms with E-state index < -0.39 is 10.0 Å². The summed E-state index contributed by atoms with van der Waals surface area (Å²) in [6.45, 7) is 0. The van der Waals surface area contributed by atoms with Crippen LogP contribution in [0.1, 0.15) is 10.4 Å². The van der Waals surface area contributed by atoms with E-state index in [1.165, 1.54) is 37.4 Å². The molecule has 0 spiro atoms. The Balaban J connectivity index is 2.17. The molecule has 0 bridgehead atoms. The lowest BCUT2D eigenvalue weighted by Crippen LogP contribution is -2.14. The third-order valence-electron chi connectivity index (χ3n) is 2.85. The first-order valence-corrected chi connectivity index (χ1v) is 8.01. The number of carbonyl (C=O) groups excluding carboxylic acids is 1. The number of benzene rings is 2. The number of nitrogens with two attached hydrogens (primary N) is 1. The summed E-state index contributed by atoms with van der Waals surface area (Å²) in [4.78, 5) is 12.1. The summed E-state index contributed by atoms with van der Waals surface area (Å²) < 4.78 is 27.3. The van der Waals surface area contributed by atoms with Gasteiger partial charge in [0.25, 0.3) is 5.91 Å². The van der Waals surface area contributed by atoms with Crippen LogP contribution in [0.3, 0.4) is 0 Å². The van der Waals surface area contributed by atoms with E-state index in [0.717, 1.165) is 0 Å². The van der Waals surface area contributed by atoms with Gasteiger partial charge in [-0.15, -0.1) is 0 Å². The molecule has 0 aliphatic heterocycles. The van der Waals surface area contributed by atoms with Crippen LogP contribution in [0.4, 0.5) is 5.69 Å². The normalized spacial score (nSPS) is 11.0. The standard InChI is InChI=1S/C14H13ClN2O4S/c1-21-13-7-2-9(8-12(13)15)14(18)17-10-3-5-11(6-4-10)22(16,19)20/h2-8H,1H3,(H,17,18)(H2,16,19,20). The van der Waals surface area contributed by atoms with E-state index in [4.69, 9.17) is 21.5 Å². The maximum absolute atomic E-state index is 12.1. The van der Waals surface area contributed by atoms with Gasteiger partial charge in [-0.05, 0) is 42.5 Å². The summed E-state index contributed by atoms with van der Waals surface area (Å²) in [7, 11) is -2.28. The molecular weight excluding hydrogens is 328 g/mol. The van der Waals surface area contributed by atoms with Gasteiger partial charge in [-0.3, -0.25) is 4.79 Å². The first-order valence-electron chi connectivity index (χ1n) is 6.09. The summed E-state index contributed by atoms with van der Waals surface area (Å²) in [5, 5.41) is 7.95. The fourth-order valence-electron chi connectivity index (χ4n) is 1.74. The molecule has 0 saturated carbocycles. The van der Waals surface area contributed by atoms with Gasteiger partial charge < -0.3 is 10.1 Å². The number of nitrogens with one attached hydrogen (secondary N) is 1. The highest BCUT2D eigenvalue weighted by atomic mass is 35.5. The lowest BCUT2D eigenvalue weighted by atomic mass is 10.2. The molecule has 8 heteroatoms. The van der Waals surface area contributed by atoms with Gasteiger partial charge in [-0.2, -0.15) is 0 Å². The molecule has 22 heavy (non-hydrogen) atoms. The van der Waals surface area contributed by atoms with Crippen LogP contribution < -0.4 is 15.2 Å². The highest BCUT2D eigenvalue weighted by molar-refractivity contribution is 7.89. The number of anilines is 1. The highest BCUT2D eigenvalue weighted by Gasteiger charge is 2.11. The molecule has 2 aromatic carbocycles. The average Bonchev–Trinajstić information content (AvgIpc) is 2.46. The van der Waals surface area contributed by atoms with E-state index in [1.807, 2.05) is 0 Å². The summed E-state index contributed by atoms with van der Waals surface area (Å²) in [5.41, 5.74) is 0.783. The minimum Gasteiger partial charge on any atom is -0.495 e. The number of ether oxygens (including phenoxy) is 1. The first kappa shape index (κ1) is 16.3. The number of hydrogen-bond donors (Lipinski definition) is 2. The summed E-state index contributed by atoms with van der Waals surface area (Å²) in [6.07, 6.45) is 0. The molecular formula is C14H13ClN2O4S. The molecule has 1 amide bonds. The van der Waals surface area contributed by atoms with Crippen LogP contribution in [0, 0.1) is 0 Å². The smallest absolute Gasteiger partial charge is 0.255 e. The molecule has 0 heterocycles. The van der Waals surface area contributed by atoms with Gasteiger partial charge in [0.2, 0.25) is 10.0 Å². The number of methoxy groups -OCH3 is 1. The molecule has 2 rings (SSSR count). The summed E-state index contributed by atoms with van der Waals surface area (Å²) >= 11 is 5.96. The SMILES string of the molecule is COc1ccc(C(=O)Nc2ccc(S(N)(=O)=O)cc2)cc1Cl. The maximum atomic E-state index is 12.1. The third-order valence-corrected chi connectivity index (χ3v) is 4.08. The topological polar surface area (TPSA) is 98.5 Å². The predicted molar refractivity (Wildman–Crippen MR) is 83.8 cm³/mol. The van der Waals surface area contributed by atoms with E-state index in [-0.39, 0.29) is 10.8 Å². The Morgan fingerprint density at radius 1 is 1.18 bits per heavy atom. The zero-order valence-corrected chi connectivity index (χ0v) is 13.1. The molecule has 6 nitrogen and oxygen atoms in total. The number of carbonyl (C=O) groups is 1. The fourth-order valence-corrected chi connectivity index (χ4v) is 2.51. The monoisotopic (exact) mass is 340 g/mol. The van der Waals surface area contributed by atoms with E-state index in [1.54, 1.807) is 12.1 Å². The van der Waals surface area contributed by atoms with Crippen LogP contribution in [0.5, 0.6) is 5.75 Å². The van der Waals surface area contributed by atoms with Crippen LogP contribution in [0.15, 0.2) is 47.4 Å². The van der Waals surface area contributed by atoms with Gasteiger partial charge >= 0.3 is 0 Å². The average molecular weight is 341 g/mol. The van der Waals surface area contributed by atoms with Gasteiger partial charge in [-0.25, -0.2) is 13.6 Å². The van der Waals surface area contributed by atoms with Crippen molar-refractivity contribution in [1.82, 2.24) is 0 Å². The lowest BCUT2D eigenvalue weighted by Gasteiger charge is -2.08. The number of sulfonamides is 1. The van der Waals surface area contributed by atoms with Crippen LogP contribution in [-0.2, 0) is 10.0 Å². The summed E-state index contributed by atoms with van der Waals surface area (Å²) in [6, 6.07) is 10.2. The fraction of sp³-hybridized carbons (Fsp3) is 0.0714. The quantitative estimate of drug-likeness (QED) is 0.891. The summed E-state index contributed by atoms with van der Waals surface area (Å²) in [5.74, 6) is 0.0867. The Labute approximate surface area is 132 Å². The molecule has 3 N–H and O–H groups in total. The Kier molecular flexibility index (Phi) is 4.70. The first-order chi connectivity index (χ1) is 10.3. The molecule has 0 atom stereocenters. The number of halogens is 1. The molecule has 0 radical (unpaired) electrons. The number of rotatable bonds is 4. The second-order valence-corrected chi connectivity index (χ2v) is 6.34. The minimum atomic E-state index is -3.76. The van der Waals surface area contributed by atoms with E-state index >= 15 is 0 Å². The van der Waals surface area contributed by atoms with Crippen LogP contribution in [-0.4, -0.2) is 21.4 Å². The zero-order valence-electron chi connectivity index (χ0n) is 11.5. The van der Waals surface area contributed by atoms with Crippen molar-refractivity contribution < 1.29 is 17.9 Å². The van der Waals surface area contributed by atoms with Gasteiger partial charge in [0.1, 0.15) is 5.75 Å². The van der Waals surface area contributed by atoms with Crippen LogP contribution in [0.2, 0.25) is 5.02 Å². The molecule has 0 aliphatic rings. The molecule has 0 unspecified atom stereocenters. The van der Waals surface area contributed by atoms with Crippen LogP contribution >= 0.6 is 11.6 Å². The van der Waals surface area contributed by atoms with Crippen molar-refractivity contribution in [1.29, 1.82) is 0 Å². The van der Waals surface area contributed by atoms with Crippen molar-refractivity contribution in [2.75, 3.05) is 12.4 Å². The Bertz CT molecular complexity index is 804. The lowest BCUT2D eigenvalue weighted by molar-refractivity contribution is 0.102. The number of amides is 1. The zero-order chi connectivity index (χ0) is 16.3. The third kappa shape index (κ3) is 3.76. The van der Waals surface area contributed by atoms with Crippen molar-refractivity contribution in [3.63, 3.8) is 0 Å². The van der Waals surface area contributed by atoms with E-state index in [0.29, 0.717) is 22.0 Å². The maximum Gasteiger partial charge on any atom is 0.255 e. The molecule has 0 saturated heterocycles. The number of primary sulfonamides is 1. The molecule has 116 valence electrons. The largest absolute Gasteiger partial charge is 0.495 e. The predicted octanol–water partition coefficient (Wildman–Crippen LogP) is 2.25. The Morgan fingerprint density at radius 2 is 1.82 bits per heavy atom. The van der Waals surface area contributed by atoms with Crippen LogP contribution in [0.25, 0.3) is 0 Å². The van der Waals surface area contributed by atoms with Gasteiger partial charge in [0.05, 0.1) is 17.0 Å². The molecule has 0 aromatic heterocycles. The van der Waals surface area contributed by atoms with Crippen molar-refractivity contribution >= 4 is 33.2 Å². The van der Waals surface area contributed by atoms with Crippen molar-refractivity contribution in [2.45, 2.75) is 4.90 Å². The Hall–Kier alpha value is -2.09. The second-order valence-electron chi connectivity index (χ2n) is 4.37. The van der Waals surface area contributed by atoms with Crippen molar-refractivity contribution in [3.05, 3.63) is 53.1 Å². The van der Waals surface area contributed by atoms with Gasteiger partial charge in [0, 0.05) is 11.3 Å². The second kappa shape index (κ2) is 6.35. The molecule has 0 fully saturated rings. The number of hydrogen-bond acceptors (Lipinski definition) is 4. The van der Waals surface area contributed by atoms with E-state index in [9.17, 15) is 13.2 Å². The van der Waals surface area contributed by atoms with Crippen molar-refractivity contribution in [2.24, 2.45) is 5.14 Å². The van der Waals surface area contributed by atoms with Crippen molar-refractivity contribution in [3.8, 4) is 5.75 Å². The van der Waals surface area contributed by atoms with E-state index in [2.05, 4.69) is 5.32 Å². The Morgan fingerprint density at radius 3 is 2.32 bits per heavy atom. The molecule has 2 aromatic rings. The molecule has 0 aliphatic carbocycles. The van der Waals surface area contributed by atoms with Gasteiger partial charge in [0.15, 0.2) is 0 Å². The van der Waals surface area contributed by atoms with Gasteiger partial charge in [-0.1, -0.05) is 11.6 Å². The highest BCUT2D eigenvalue weighted by Crippen LogP contribution is 2.25.